The van der Waals surface area contributed by atoms with E-state index >= 15 is 0 Å². The molecule has 1 saturated carbocycles. The van der Waals surface area contributed by atoms with E-state index in [0.29, 0.717) is 29.7 Å². The molecule has 0 spiro atoms. The van der Waals surface area contributed by atoms with Crippen LogP contribution in [0.1, 0.15) is 56.2 Å². The second-order valence-corrected chi connectivity index (χ2v) is 8.22. The molecule has 1 amide bonds. The van der Waals surface area contributed by atoms with Gasteiger partial charge in [0.05, 0.1) is 6.10 Å². The second-order valence-electron chi connectivity index (χ2n) is 8.22. The molecule has 0 aromatic heterocycles. The van der Waals surface area contributed by atoms with Crippen molar-refractivity contribution in [2.45, 2.75) is 52.2 Å². The molecule has 0 saturated heterocycles. The van der Waals surface area contributed by atoms with Crippen LogP contribution in [0.4, 0.5) is 0 Å². The molecule has 0 radical (unpaired) electrons. The molecule has 1 aliphatic carbocycles. The van der Waals surface area contributed by atoms with E-state index in [2.05, 4.69) is 20.8 Å². The van der Waals surface area contributed by atoms with Crippen LogP contribution in [-0.4, -0.2) is 49.9 Å². The van der Waals surface area contributed by atoms with Crippen LogP contribution < -0.4 is 10.1 Å². The van der Waals surface area contributed by atoms with Crippen LogP contribution in [-0.2, 0) is 25.9 Å². The Morgan fingerprint density at radius 3 is 2.36 bits per heavy atom. The Bertz CT molecular complexity index is 1090. The lowest BCUT2D eigenvalue weighted by atomic mass is 10.0. The highest BCUT2D eigenvalue weighted by atomic mass is 16.6. The number of carbonyl (C=O) groups excluding carboxylic acids is 1. The minimum atomic E-state index is -0.356. The smallest absolute Gasteiger partial charge is 0.273 e. The van der Waals surface area contributed by atoms with Gasteiger partial charge in [-0.05, 0) is 63.8 Å². The van der Waals surface area contributed by atoms with Crippen molar-refractivity contribution in [1.82, 2.24) is 5.32 Å². The highest BCUT2D eigenvalue weighted by Crippen LogP contribution is 2.24. The number of nitrogens with zero attached hydrogens (tertiary/aromatic N) is 3. The number of benzene rings is 2. The molecule has 0 heterocycles. The van der Waals surface area contributed by atoms with Crippen molar-refractivity contribution in [2.24, 2.45) is 15.5 Å². The molecule has 192 valence electrons. The zero-order valence-electron chi connectivity index (χ0n) is 21.3. The molecular weight excluding hydrogens is 460 g/mol. The van der Waals surface area contributed by atoms with Crippen LogP contribution in [0.2, 0.25) is 0 Å². The van der Waals surface area contributed by atoms with Crippen molar-refractivity contribution in [2.75, 3.05) is 20.8 Å². The van der Waals surface area contributed by atoms with Gasteiger partial charge in [-0.15, -0.1) is 0 Å². The largest absolute Gasteiger partial charge is 0.490 e. The van der Waals surface area contributed by atoms with Crippen LogP contribution in [0.5, 0.6) is 5.75 Å². The lowest BCUT2D eigenvalue weighted by molar-refractivity contribution is -0.114. The van der Waals surface area contributed by atoms with Gasteiger partial charge in [0.1, 0.15) is 37.5 Å². The molecule has 1 aliphatic rings. The number of nitrogens with one attached hydrogen (secondary N) is 1. The molecule has 36 heavy (non-hydrogen) atoms. The first kappa shape index (κ1) is 26.7. The molecule has 1 N–H and O–H groups in total. The predicted molar refractivity (Wildman–Crippen MR) is 139 cm³/mol. The van der Waals surface area contributed by atoms with Gasteiger partial charge >= 0.3 is 0 Å². The molecular formula is C27H34N4O5. The van der Waals surface area contributed by atoms with Crippen LogP contribution in [0, 0.1) is 0 Å². The van der Waals surface area contributed by atoms with Gasteiger partial charge in [-0.3, -0.25) is 4.79 Å². The Hall–Kier alpha value is -3.88. The standard InChI is InChI=1S/C27H34N4O5/c1-5-34-31-26(27(32)28-3)24-13-9-6-10-21(24)18-35-29-19(2)25(30-33-4)20-14-16-23(17-15-20)36-22-11-7-8-12-22/h6,9-10,13-17,22H,5,7-8,11-12,18H2,1-4H3,(H,28,32). The summed E-state index contributed by atoms with van der Waals surface area (Å²) < 4.78 is 6.05. The van der Waals surface area contributed by atoms with Crippen LogP contribution >= 0.6 is 0 Å². The fraction of sp³-hybridized carbons (Fsp3) is 0.407. The first-order valence-corrected chi connectivity index (χ1v) is 12.1. The third kappa shape index (κ3) is 7.31. The number of oxime groups is 3. The summed E-state index contributed by atoms with van der Waals surface area (Å²) in [6.45, 7) is 4.05. The SMILES string of the molecule is CCON=C(C(=O)NC)c1ccccc1CON=C(C)C(=NOC)c1ccc(OC2CCCC2)cc1. The fourth-order valence-corrected chi connectivity index (χ4v) is 3.89. The Labute approximate surface area is 212 Å². The summed E-state index contributed by atoms with van der Waals surface area (Å²) in [7, 11) is 3.03. The summed E-state index contributed by atoms with van der Waals surface area (Å²) in [6.07, 6.45) is 4.95. The van der Waals surface area contributed by atoms with Crippen molar-refractivity contribution in [3.63, 3.8) is 0 Å². The first-order valence-electron chi connectivity index (χ1n) is 12.1. The number of rotatable bonds is 12. The van der Waals surface area contributed by atoms with Crippen molar-refractivity contribution in [1.29, 1.82) is 0 Å². The summed E-state index contributed by atoms with van der Waals surface area (Å²) in [6, 6.07) is 15.0. The molecule has 0 atom stereocenters. The minimum Gasteiger partial charge on any atom is -0.490 e. The molecule has 0 bridgehead atoms. The number of hydrogen-bond acceptors (Lipinski definition) is 8. The molecule has 3 rings (SSSR count). The van der Waals surface area contributed by atoms with E-state index in [-0.39, 0.29) is 18.2 Å². The van der Waals surface area contributed by atoms with Crippen LogP contribution in [0.15, 0.2) is 64.0 Å². The molecule has 9 heteroatoms. The van der Waals surface area contributed by atoms with E-state index in [0.717, 1.165) is 29.7 Å². The van der Waals surface area contributed by atoms with E-state index in [1.165, 1.54) is 20.0 Å². The highest BCUT2D eigenvalue weighted by molar-refractivity contribution is 6.47. The maximum atomic E-state index is 12.4. The van der Waals surface area contributed by atoms with E-state index in [1.54, 1.807) is 27.0 Å². The van der Waals surface area contributed by atoms with Crippen LogP contribution in [0.3, 0.4) is 0 Å². The summed E-state index contributed by atoms with van der Waals surface area (Å²) >= 11 is 0. The summed E-state index contributed by atoms with van der Waals surface area (Å²) in [4.78, 5) is 28.2. The van der Waals surface area contributed by atoms with Gasteiger partial charge in [-0.1, -0.05) is 39.7 Å². The van der Waals surface area contributed by atoms with Crippen molar-refractivity contribution >= 4 is 23.0 Å². The number of carbonyl (C=O) groups is 1. The second kappa shape index (κ2) is 13.9. The Kier molecular flexibility index (Phi) is 10.3. The summed E-state index contributed by atoms with van der Waals surface area (Å²) in [5, 5.41) is 15.0. The Morgan fingerprint density at radius 1 is 0.972 bits per heavy atom. The fourth-order valence-electron chi connectivity index (χ4n) is 3.89. The van der Waals surface area contributed by atoms with E-state index in [9.17, 15) is 4.79 Å². The molecule has 0 unspecified atom stereocenters. The van der Waals surface area contributed by atoms with Gasteiger partial charge in [0.2, 0.25) is 0 Å². The number of likely N-dealkylation sites (N-methyl/N-ethyl adjacent to an activating group) is 1. The van der Waals surface area contributed by atoms with Gasteiger partial charge in [-0.25, -0.2) is 0 Å². The number of ether oxygens (including phenoxy) is 1. The first-order chi connectivity index (χ1) is 17.6. The maximum Gasteiger partial charge on any atom is 0.273 e. The van der Waals surface area contributed by atoms with Crippen molar-refractivity contribution in [3.05, 3.63) is 65.2 Å². The molecule has 0 aliphatic heterocycles. The average Bonchev–Trinajstić information content (AvgIpc) is 3.41. The van der Waals surface area contributed by atoms with E-state index < -0.39 is 0 Å². The Morgan fingerprint density at radius 2 is 1.69 bits per heavy atom. The maximum absolute atomic E-state index is 12.4. The number of amides is 1. The minimum absolute atomic E-state index is 0.115. The van der Waals surface area contributed by atoms with Crippen molar-refractivity contribution < 1.29 is 24.0 Å². The number of hydrogen-bond donors (Lipinski definition) is 1. The van der Waals surface area contributed by atoms with Gasteiger partial charge in [0.25, 0.3) is 5.91 Å². The quantitative estimate of drug-likeness (QED) is 0.347. The van der Waals surface area contributed by atoms with E-state index in [4.69, 9.17) is 19.2 Å². The zero-order valence-corrected chi connectivity index (χ0v) is 21.3. The zero-order chi connectivity index (χ0) is 25.8. The topological polar surface area (TPSA) is 103 Å². The lowest BCUT2D eigenvalue weighted by Crippen LogP contribution is -2.29. The highest BCUT2D eigenvalue weighted by Gasteiger charge is 2.19. The summed E-state index contributed by atoms with van der Waals surface area (Å²) in [5.41, 5.74) is 3.40. The van der Waals surface area contributed by atoms with Crippen molar-refractivity contribution in [3.8, 4) is 5.75 Å². The molecule has 2 aromatic carbocycles. The van der Waals surface area contributed by atoms with Gasteiger partial charge < -0.3 is 24.6 Å². The molecule has 2 aromatic rings. The monoisotopic (exact) mass is 494 g/mol. The predicted octanol–water partition coefficient (Wildman–Crippen LogP) is 4.44. The normalized spacial score (nSPS) is 14.9. The van der Waals surface area contributed by atoms with Gasteiger partial charge in [0, 0.05) is 23.7 Å². The van der Waals surface area contributed by atoms with Gasteiger partial charge in [-0.2, -0.15) is 0 Å². The summed E-state index contributed by atoms with van der Waals surface area (Å²) in [5.74, 6) is 0.482. The molecule has 9 nitrogen and oxygen atoms in total. The third-order valence-corrected chi connectivity index (χ3v) is 5.68. The van der Waals surface area contributed by atoms with Gasteiger partial charge in [0.15, 0.2) is 5.71 Å². The van der Waals surface area contributed by atoms with E-state index in [1.807, 2.05) is 42.5 Å². The Balaban J connectivity index is 1.73. The third-order valence-electron chi connectivity index (χ3n) is 5.68. The van der Waals surface area contributed by atoms with Crippen LogP contribution in [0.25, 0.3) is 0 Å². The lowest BCUT2D eigenvalue weighted by Gasteiger charge is -2.13. The average molecular weight is 495 g/mol. The molecule has 1 fully saturated rings.